The van der Waals surface area contributed by atoms with Gasteiger partial charge in [0.2, 0.25) is 5.43 Å². The van der Waals surface area contributed by atoms with Crippen LogP contribution in [0.3, 0.4) is 0 Å². The summed E-state index contributed by atoms with van der Waals surface area (Å²) >= 11 is 0. The minimum atomic E-state index is -4.98. The molecule has 9 heteroatoms. The number of hydrogen-bond acceptors (Lipinski definition) is 5. The summed E-state index contributed by atoms with van der Waals surface area (Å²) in [6.45, 7) is 3.62. The Morgan fingerprint density at radius 1 is 1.10 bits per heavy atom. The van der Waals surface area contributed by atoms with Crippen molar-refractivity contribution in [3.8, 4) is 11.5 Å². The normalized spacial score (nSPS) is 12.7. The van der Waals surface area contributed by atoms with E-state index in [4.69, 9.17) is 8.83 Å². The summed E-state index contributed by atoms with van der Waals surface area (Å²) in [5.74, 6) is -2.09. The Balaban J connectivity index is 1.58. The van der Waals surface area contributed by atoms with E-state index in [-0.39, 0.29) is 28.2 Å². The fourth-order valence-electron chi connectivity index (χ4n) is 4.97. The Kier molecular flexibility index (Phi) is 6.76. The molecule has 6 nitrogen and oxygen atoms in total. The fourth-order valence-corrected chi connectivity index (χ4v) is 4.97. The Morgan fingerprint density at radius 2 is 1.87 bits per heavy atom. The highest BCUT2D eigenvalue weighted by atomic mass is 19.4. The number of pyridine rings is 1. The van der Waals surface area contributed by atoms with Gasteiger partial charge in [0.1, 0.15) is 16.7 Å². The second kappa shape index (κ2) is 10.1. The van der Waals surface area contributed by atoms with E-state index in [0.29, 0.717) is 46.9 Å². The predicted molar refractivity (Wildman–Crippen MR) is 140 cm³/mol. The van der Waals surface area contributed by atoms with E-state index in [1.165, 1.54) is 30.6 Å². The minimum absolute atomic E-state index is 0.0746. The molecule has 39 heavy (non-hydrogen) atoms. The minimum Gasteiger partial charge on any atom is -0.478 e. The van der Waals surface area contributed by atoms with Gasteiger partial charge in [0.15, 0.2) is 11.5 Å². The van der Waals surface area contributed by atoms with Crippen LogP contribution in [-0.4, -0.2) is 16.1 Å². The zero-order valence-corrected chi connectivity index (χ0v) is 21.1. The van der Waals surface area contributed by atoms with Gasteiger partial charge in [-0.15, -0.1) is 0 Å². The Morgan fingerprint density at radius 3 is 2.59 bits per heavy atom. The van der Waals surface area contributed by atoms with Crippen molar-refractivity contribution < 1.29 is 31.9 Å². The van der Waals surface area contributed by atoms with Crippen LogP contribution < -0.4 is 5.43 Å². The van der Waals surface area contributed by atoms with Crippen LogP contribution in [0.5, 0.6) is 0 Å². The standard InChI is InChI=1S/C30H24F3NO5/c1-16-12-21(17(2)6-5-8-18-7-3-4-9-20(18)29(36)37)27-22(13-16)26(35)25(30(31,32)33)28(39-27)24-14-19-15-34-11-10-23(19)38-24/h3-4,7,9-15,17H,5-6,8H2,1-2H3,(H,36,37). The smallest absolute Gasteiger partial charge is 0.423 e. The van der Waals surface area contributed by atoms with Crippen LogP contribution >= 0.6 is 0 Å². The molecular formula is C30H24F3NO5. The maximum absolute atomic E-state index is 14.2. The molecule has 5 aromatic rings. The first-order valence-electron chi connectivity index (χ1n) is 12.4. The summed E-state index contributed by atoms with van der Waals surface area (Å²) < 4.78 is 54.2. The summed E-state index contributed by atoms with van der Waals surface area (Å²) in [6, 6.07) is 12.9. The highest BCUT2D eigenvalue weighted by Crippen LogP contribution is 2.40. The summed E-state index contributed by atoms with van der Waals surface area (Å²) in [4.78, 5) is 28.8. The van der Waals surface area contributed by atoms with Crippen molar-refractivity contribution in [2.75, 3.05) is 0 Å². The third kappa shape index (κ3) is 5.04. The molecule has 0 radical (unpaired) electrons. The highest BCUT2D eigenvalue weighted by molar-refractivity contribution is 5.89. The third-order valence-corrected chi connectivity index (χ3v) is 6.85. The van der Waals surface area contributed by atoms with Gasteiger partial charge in [-0.25, -0.2) is 4.79 Å². The molecule has 0 spiro atoms. The number of aromatic nitrogens is 1. The number of furan rings is 1. The van der Waals surface area contributed by atoms with Crippen LogP contribution in [-0.2, 0) is 12.6 Å². The number of carboxylic acid groups (broad SMARTS) is 1. The molecule has 1 atom stereocenters. The van der Waals surface area contributed by atoms with Crippen molar-refractivity contribution in [2.24, 2.45) is 0 Å². The van der Waals surface area contributed by atoms with Gasteiger partial charge in [-0.05, 0) is 73.1 Å². The number of aryl methyl sites for hydroxylation is 2. The van der Waals surface area contributed by atoms with E-state index in [0.717, 1.165) is 0 Å². The first-order chi connectivity index (χ1) is 18.5. The first-order valence-corrected chi connectivity index (χ1v) is 12.4. The molecular weight excluding hydrogens is 511 g/mol. The Bertz CT molecular complexity index is 1730. The number of aromatic carboxylic acids is 1. The summed E-state index contributed by atoms with van der Waals surface area (Å²) in [5, 5.41) is 9.76. The molecule has 0 amide bonds. The molecule has 0 fully saturated rings. The van der Waals surface area contributed by atoms with Gasteiger partial charge in [0.25, 0.3) is 0 Å². The van der Waals surface area contributed by atoms with Gasteiger partial charge in [-0.3, -0.25) is 9.78 Å². The van der Waals surface area contributed by atoms with Gasteiger partial charge in [0, 0.05) is 17.8 Å². The molecule has 1 unspecified atom stereocenters. The van der Waals surface area contributed by atoms with Crippen molar-refractivity contribution in [3.63, 3.8) is 0 Å². The van der Waals surface area contributed by atoms with E-state index in [1.807, 2.05) is 6.92 Å². The lowest BCUT2D eigenvalue weighted by Gasteiger charge is -2.17. The van der Waals surface area contributed by atoms with Crippen molar-refractivity contribution in [3.05, 3.63) is 99.0 Å². The number of nitrogens with zero attached hydrogens (tertiary/aromatic N) is 1. The number of carboxylic acids is 1. The van der Waals surface area contributed by atoms with E-state index >= 15 is 0 Å². The topological polar surface area (TPSA) is 93.5 Å². The van der Waals surface area contributed by atoms with E-state index in [9.17, 15) is 27.9 Å². The molecule has 200 valence electrons. The fraction of sp³-hybridized carbons (Fsp3) is 0.233. The lowest BCUT2D eigenvalue weighted by Crippen LogP contribution is -2.21. The number of alkyl halides is 3. The van der Waals surface area contributed by atoms with Gasteiger partial charge >= 0.3 is 12.1 Å². The summed E-state index contributed by atoms with van der Waals surface area (Å²) in [7, 11) is 0. The van der Waals surface area contributed by atoms with Gasteiger partial charge < -0.3 is 13.9 Å². The maximum Gasteiger partial charge on any atom is 0.423 e. The quantitative estimate of drug-likeness (QED) is 0.229. The van der Waals surface area contributed by atoms with Crippen LogP contribution in [0.2, 0.25) is 0 Å². The second-order valence-corrected chi connectivity index (χ2v) is 9.64. The molecule has 3 heterocycles. The zero-order chi connectivity index (χ0) is 27.9. The molecule has 0 aliphatic carbocycles. The van der Waals surface area contributed by atoms with E-state index in [1.54, 1.807) is 37.3 Å². The van der Waals surface area contributed by atoms with Crippen LogP contribution in [0, 0.1) is 6.92 Å². The van der Waals surface area contributed by atoms with Gasteiger partial charge in [-0.1, -0.05) is 31.2 Å². The lowest BCUT2D eigenvalue weighted by atomic mass is 9.90. The first kappa shape index (κ1) is 26.2. The van der Waals surface area contributed by atoms with Gasteiger partial charge in [0.05, 0.1) is 10.9 Å². The van der Waals surface area contributed by atoms with Crippen molar-refractivity contribution in [2.45, 2.75) is 45.2 Å². The summed E-state index contributed by atoms with van der Waals surface area (Å²) in [5.41, 5.74) is -0.0382. The SMILES string of the molecule is Cc1cc(C(C)CCCc2ccccc2C(=O)O)c2oc(-c3cc4cnccc4o3)c(C(F)(F)F)c(=O)c2c1. The molecule has 0 bridgehead atoms. The average molecular weight is 536 g/mol. The number of halogens is 3. The van der Waals surface area contributed by atoms with E-state index in [2.05, 4.69) is 4.98 Å². The average Bonchev–Trinajstić information content (AvgIpc) is 3.32. The Hall–Kier alpha value is -4.40. The number of rotatable bonds is 7. The Labute approximate surface area is 220 Å². The summed E-state index contributed by atoms with van der Waals surface area (Å²) in [6.07, 6.45) is -0.355. The molecule has 3 aromatic heterocycles. The van der Waals surface area contributed by atoms with Crippen molar-refractivity contribution in [1.82, 2.24) is 4.98 Å². The highest BCUT2D eigenvalue weighted by Gasteiger charge is 2.40. The number of benzene rings is 2. The van der Waals surface area contributed by atoms with Crippen molar-refractivity contribution in [1.29, 1.82) is 0 Å². The molecule has 2 aromatic carbocycles. The number of carbonyl (C=O) groups is 1. The van der Waals surface area contributed by atoms with Crippen LogP contribution in [0.25, 0.3) is 33.5 Å². The molecule has 0 aliphatic heterocycles. The zero-order valence-electron chi connectivity index (χ0n) is 21.1. The third-order valence-electron chi connectivity index (χ3n) is 6.85. The molecule has 0 aliphatic rings. The molecule has 5 rings (SSSR count). The van der Waals surface area contributed by atoms with Gasteiger partial charge in [-0.2, -0.15) is 13.2 Å². The van der Waals surface area contributed by atoms with E-state index < -0.39 is 28.9 Å². The van der Waals surface area contributed by atoms with Crippen LogP contribution in [0.4, 0.5) is 13.2 Å². The maximum atomic E-state index is 14.2. The molecule has 0 saturated carbocycles. The number of hydrogen-bond donors (Lipinski definition) is 1. The number of fused-ring (bicyclic) bond motifs is 2. The molecule has 0 saturated heterocycles. The monoisotopic (exact) mass is 535 g/mol. The molecule has 1 N–H and O–H groups in total. The predicted octanol–water partition coefficient (Wildman–Crippen LogP) is 7.75. The largest absolute Gasteiger partial charge is 0.478 e. The van der Waals surface area contributed by atoms with Crippen LogP contribution in [0.1, 0.15) is 58.3 Å². The van der Waals surface area contributed by atoms with Crippen molar-refractivity contribution >= 4 is 27.9 Å². The lowest BCUT2D eigenvalue weighted by molar-refractivity contribution is -0.138. The second-order valence-electron chi connectivity index (χ2n) is 9.64. The van der Waals surface area contributed by atoms with Crippen LogP contribution in [0.15, 0.2) is 74.6 Å².